The van der Waals surface area contributed by atoms with E-state index >= 15 is 0 Å². The number of hydrogen-bond donors (Lipinski definition) is 1. The lowest BCUT2D eigenvalue weighted by Crippen LogP contribution is -2.46. The third-order valence-corrected chi connectivity index (χ3v) is 4.55. The summed E-state index contributed by atoms with van der Waals surface area (Å²) in [6.07, 6.45) is 3.74. The first kappa shape index (κ1) is 17.5. The van der Waals surface area contributed by atoms with E-state index in [0.29, 0.717) is 11.5 Å². The van der Waals surface area contributed by atoms with E-state index in [1.165, 1.54) is 6.42 Å². The lowest BCUT2D eigenvalue weighted by molar-refractivity contribution is -0.130. The Kier molecular flexibility index (Phi) is 5.80. The van der Waals surface area contributed by atoms with Crippen LogP contribution < -0.4 is 5.32 Å². The fraction of sp³-hybridized carbons (Fsp3) is 0.579. The van der Waals surface area contributed by atoms with Gasteiger partial charge in [-0.2, -0.15) is 0 Å². The molecule has 1 amide bonds. The highest BCUT2D eigenvalue weighted by molar-refractivity contribution is 5.92. The number of nitrogens with one attached hydrogen (secondary N) is 1. The monoisotopic (exact) mass is 317 g/mol. The third kappa shape index (κ3) is 4.81. The van der Waals surface area contributed by atoms with E-state index < -0.39 is 12.1 Å². The number of aryl methyl sites for hydroxylation is 2. The van der Waals surface area contributed by atoms with Gasteiger partial charge in [0.05, 0.1) is 5.56 Å². The second-order valence-electron chi connectivity index (χ2n) is 6.80. The van der Waals surface area contributed by atoms with Crippen LogP contribution in [0, 0.1) is 19.8 Å². The zero-order valence-electron chi connectivity index (χ0n) is 14.5. The Bertz CT molecular complexity index is 562. The Morgan fingerprint density at radius 1 is 1.13 bits per heavy atom. The van der Waals surface area contributed by atoms with Crippen LogP contribution in [0.3, 0.4) is 0 Å². The molecule has 0 aromatic heterocycles. The zero-order valence-corrected chi connectivity index (χ0v) is 14.5. The van der Waals surface area contributed by atoms with E-state index in [9.17, 15) is 9.59 Å². The highest BCUT2D eigenvalue weighted by Gasteiger charge is 2.26. The summed E-state index contributed by atoms with van der Waals surface area (Å²) >= 11 is 0. The molecule has 0 unspecified atom stereocenters. The molecule has 23 heavy (non-hydrogen) atoms. The first-order valence-corrected chi connectivity index (χ1v) is 8.46. The van der Waals surface area contributed by atoms with E-state index in [1.54, 1.807) is 19.1 Å². The second kappa shape index (κ2) is 7.62. The smallest absolute Gasteiger partial charge is 0.338 e. The van der Waals surface area contributed by atoms with Gasteiger partial charge in [0.2, 0.25) is 0 Å². The van der Waals surface area contributed by atoms with Crippen LogP contribution in [0.4, 0.5) is 0 Å². The largest absolute Gasteiger partial charge is 0.449 e. The molecule has 1 aromatic rings. The van der Waals surface area contributed by atoms with Crippen LogP contribution in [0.5, 0.6) is 0 Å². The third-order valence-electron chi connectivity index (χ3n) is 4.55. The maximum Gasteiger partial charge on any atom is 0.338 e. The van der Waals surface area contributed by atoms with Crippen molar-refractivity contribution in [3.8, 4) is 0 Å². The molecule has 1 saturated carbocycles. The number of hydrogen-bond acceptors (Lipinski definition) is 3. The van der Waals surface area contributed by atoms with Crippen LogP contribution in [0.1, 0.15) is 61.0 Å². The Labute approximate surface area is 138 Å². The summed E-state index contributed by atoms with van der Waals surface area (Å²) in [7, 11) is 0. The molecule has 3 atom stereocenters. The minimum atomic E-state index is -0.780. The van der Waals surface area contributed by atoms with Gasteiger partial charge in [-0.25, -0.2) is 4.79 Å². The predicted molar refractivity (Wildman–Crippen MR) is 90.4 cm³/mol. The number of carbonyl (C=O) groups is 2. The van der Waals surface area contributed by atoms with E-state index in [4.69, 9.17) is 4.74 Å². The number of esters is 1. The minimum Gasteiger partial charge on any atom is -0.449 e. The van der Waals surface area contributed by atoms with Crippen LogP contribution >= 0.6 is 0 Å². The molecular weight excluding hydrogens is 290 g/mol. The summed E-state index contributed by atoms with van der Waals surface area (Å²) < 4.78 is 5.33. The molecule has 0 spiro atoms. The van der Waals surface area contributed by atoms with E-state index in [2.05, 4.69) is 12.2 Å². The van der Waals surface area contributed by atoms with Gasteiger partial charge in [0, 0.05) is 6.04 Å². The molecule has 1 aliphatic rings. The molecule has 1 fully saturated rings. The summed E-state index contributed by atoms with van der Waals surface area (Å²) in [5.41, 5.74) is 2.50. The molecule has 0 radical (unpaired) electrons. The Balaban J connectivity index is 1.93. The zero-order chi connectivity index (χ0) is 17.0. The average molecular weight is 317 g/mol. The molecule has 4 nitrogen and oxygen atoms in total. The molecule has 126 valence electrons. The standard InChI is InChI=1S/C19H27NO3/c1-12-9-13(2)11-16(10-12)19(22)23-15(4)18(21)20-17-8-6-5-7-14(17)3/h9-11,14-15,17H,5-8H2,1-4H3,(H,20,21)/t14-,15-,17+/m0/s1. The SMILES string of the molecule is Cc1cc(C)cc(C(=O)O[C@@H](C)C(=O)N[C@@H]2CCCC[C@@H]2C)c1. The van der Waals surface area contributed by atoms with Crippen molar-refractivity contribution >= 4 is 11.9 Å². The Hall–Kier alpha value is -1.84. The van der Waals surface area contributed by atoms with Crippen LogP contribution in [0.15, 0.2) is 18.2 Å². The van der Waals surface area contributed by atoms with Gasteiger partial charge in [0.15, 0.2) is 6.10 Å². The Morgan fingerprint density at radius 3 is 2.35 bits per heavy atom. The Morgan fingerprint density at radius 2 is 1.74 bits per heavy atom. The van der Waals surface area contributed by atoms with Gasteiger partial charge in [-0.1, -0.05) is 37.0 Å². The molecular formula is C19H27NO3. The summed E-state index contributed by atoms with van der Waals surface area (Å²) in [5.74, 6) is -0.173. The van der Waals surface area contributed by atoms with E-state index in [1.807, 2.05) is 19.9 Å². The summed E-state index contributed by atoms with van der Waals surface area (Å²) in [4.78, 5) is 24.5. The fourth-order valence-electron chi connectivity index (χ4n) is 3.21. The van der Waals surface area contributed by atoms with Crippen LogP contribution in [0.2, 0.25) is 0 Å². The number of ether oxygens (including phenoxy) is 1. The number of amides is 1. The summed E-state index contributed by atoms with van der Waals surface area (Å²) in [6, 6.07) is 5.75. The van der Waals surface area contributed by atoms with Crippen molar-refractivity contribution in [3.05, 3.63) is 34.9 Å². The highest BCUT2D eigenvalue weighted by Crippen LogP contribution is 2.23. The van der Waals surface area contributed by atoms with Gasteiger partial charge in [0.25, 0.3) is 5.91 Å². The maximum atomic E-state index is 12.3. The number of carbonyl (C=O) groups excluding carboxylic acids is 2. The minimum absolute atomic E-state index is 0.193. The molecule has 0 aliphatic heterocycles. The van der Waals surface area contributed by atoms with Crippen molar-refractivity contribution in [2.45, 2.75) is 65.5 Å². The van der Waals surface area contributed by atoms with E-state index in [0.717, 1.165) is 30.4 Å². The molecule has 1 aliphatic carbocycles. The van der Waals surface area contributed by atoms with Crippen molar-refractivity contribution < 1.29 is 14.3 Å². The molecule has 1 N–H and O–H groups in total. The summed E-state index contributed by atoms with van der Waals surface area (Å²) in [6.45, 7) is 7.66. The van der Waals surface area contributed by atoms with Gasteiger partial charge in [0.1, 0.15) is 0 Å². The van der Waals surface area contributed by atoms with Gasteiger partial charge in [-0.3, -0.25) is 4.79 Å². The molecule has 0 bridgehead atoms. The predicted octanol–water partition coefficient (Wildman–Crippen LogP) is 3.54. The van der Waals surface area contributed by atoms with Crippen molar-refractivity contribution in [2.75, 3.05) is 0 Å². The van der Waals surface area contributed by atoms with Gasteiger partial charge in [-0.15, -0.1) is 0 Å². The van der Waals surface area contributed by atoms with Crippen molar-refractivity contribution in [2.24, 2.45) is 5.92 Å². The van der Waals surface area contributed by atoms with Gasteiger partial charge >= 0.3 is 5.97 Å². The van der Waals surface area contributed by atoms with Crippen molar-refractivity contribution in [1.29, 1.82) is 0 Å². The molecule has 2 rings (SSSR count). The molecule has 0 heterocycles. The first-order valence-electron chi connectivity index (χ1n) is 8.46. The molecule has 0 saturated heterocycles. The molecule has 1 aromatic carbocycles. The van der Waals surface area contributed by atoms with Crippen molar-refractivity contribution in [3.63, 3.8) is 0 Å². The second-order valence-corrected chi connectivity index (χ2v) is 6.80. The van der Waals surface area contributed by atoms with Crippen molar-refractivity contribution in [1.82, 2.24) is 5.32 Å². The average Bonchev–Trinajstić information content (AvgIpc) is 2.48. The van der Waals surface area contributed by atoms with Crippen LogP contribution in [0.25, 0.3) is 0 Å². The summed E-state index contributed by atoms with van der Waals surface area (Å²) in [5, 5.41) is 3.03. The van der Waals surface area contributed by atoms with Gasteiger partial charge in [-0.05, 0) is 51.7 Å². The lowest BCUT2D eigenvalue weighted by atomic mass is 9.86. The quantitative estimate of drug-likeness (QED) is 0.864. The van der Waals surface area contributed by atoms with Crippen LogP contribution in [-0.2, 0) is 9.53 Å². The highest BCUT2D eigenvalue weighted by atomic mass is 16.5. The fourth-order valence-corrected chi connectivity index (χ4v) is 3.21. The lowest BCUT2D eigenvalue weighted by Gasteiger charge is -2.30. The van der Waals surface area contributed by atoms with Gasteiger partial charge < -0.3 is 10.1 Å². The first-order chi connectivity index (χ1) is 10.9. The topological polar surface area (TPSA) is 55.4 Å². The maximum absolute atomic E-state index is 12.3. The number of benzene rings is 1. The number of rotatable bonds is 4. The van der Waals surface area contributed by atoms with E-state index in [-0.39, 0.29) is 11.9 Å². The normalized spacial score (nSPS) is 22.3. The van der Waals surface area contributed by atoms with Crippen LogP contribution in [-0.4, -0.2) is 24.0 Å². The molecule has 4 heteroatoms.